The van der Waals surface area contributed by atoms with Crippen molar-refractivity contribution in [3.63, 3.8) is 0 Å². The zero-order chi connectivity index (χ0) is 15.1. The van der Waals surface area contributed by atoms with Crippen LogP contribution in [0.1, 0.15) is 44.7 Å². The average Bonchev–Trinajstić information content (AvgIpc) is 2.42. The minimum atomic E-state index is -0.199. The Balaban J connectivity index is 2.61. The third kappa shape index (κ3) is 5.17. The summed E-state index contributed by atoms with van der Waals surface area (Å²) in [4.78, 5) is 11.8. The topological polar surface area (TPSA) is 49.3 Å². The Labute approximate surface area is 121 Å². The summed E-state index contributed by atoms with van der Waals surface area (Å²) in [6, 6.07) is 7.96. The van der Waals surface area contributed by atoms with Crippen LogP contribution >= 0.6 is 0 Å². The van der Waals surface area contributed by atoms with Crippen molar-refractivity contribution in [2.45, 2.75) is 39.7 Å². The molecule has 1 rings (SSSR count). The molecule has 1 aromatic carbocycles. The van der Waals surface area contributed by atoms with Crippen LogP contribution in [0.4, 0.5) is 0 Å². The fourth-order valence-corrected chi connectivity index (χ4v) is 1.82. The van der Waals surface area contributed by atoms with Crippen molar-refractivity contribution in [1.82, 2.24) is 5.32 Å². The number of hydrogen-bond acceptors (Lipinski definition) is 2. The lowest BCUT2D eigenvalue weighted by atomic mass is 10.0. The minimum absolute atomic E-state index is 0.0413. The van der Waals surface area contributed by atoms with Crippen LogP contribution in [0.2, 0.25) is 0 Å². The summed E-state index contributed by atoms with van der Waals surface area (Å²) >= 11 is 0. The van der Waals surface area contributed by atoms with E-state index in [9.17, 15) is 9.90 Å². The number of rotatable bonds is 6. The fourth-order valence-electron chi connectivity index (χ4n) is 1.82. The number of hydrogen-bond donors (Lipinski definition) is 2. The van der Waals surface area contributed by atoms with E-state index in [-0.39, 0.29) is 24.5 Å². The molecular weight excluding hydrogens is 250 g/mol. The summed E-state index contributed by atoms with van der Waals surface area (Å²) in [6.45, 7) is 8.20. The Morgan fingerprint density at radius 1 is 1.20 bits per heavy atom. The molecule has 0 aromatic heterocycles. The minimum Gasteiger partial charge on any atom is -0.394 e. The highest BCUT2D eigenvalue weighted by atomic mass is 16.3. The molecule has 110 valence electrons. The van der Waals surface area contributed by atoms with Crippen LogP contribution in [0.15, 0.2) is 30.3 Å². The van der Waals surface area contributed by atoms with Crippen molar-refractivity contribution in [2.24, 2.45) is 5.92 Å². The molecule has 0 spiro atoms. The van der Waals surface area contributed by atoms with Gasteiger partial charge in [0.25, 0.3) is 0 Å². The van der Waals surface area contributed by atoms with Crippen LogP contribution in [0.3, 0.4) is 0 Å². The molecule has 0 aliphatic rings. The Kier molecular flexibility index (Phi) is 6.46. The maximum Gasteiger partial charge on any atom is 0.244 e. The smallest absolute Gasteiger partial charge is 0.244 e. The largest absolute Gasteiger partial charge is 0.394 e. The van der Waals surface area contributed by atoms with Crippen molar-refractivity contribution in [1.29, 1.82) is 0 Å². The maximum absolute atomic E-state index is 11.8. The van der Waals surface area contributed by atoms with Gasteiger partial charge in [0.15, 0.2) is 0 Å². The van der Waals surface area contributed by atoms with Gasteiger partial charge in [-0.1, -0.05) is 52.0 Å². The second-order valence-corrected chi connectivity index (χ2v) is 5.70. The summed E-state index contributed by atoms with van der Waals surface area (Å²) in [6.07, 6.45) is 3.30. The first-order chi connectivity index (χ1) is 9.43. The van der Waals surface area contributed by atoms with Gasteiger partial charge in [0, 0.05) is 6.08 Å². The number of carbonyl (C=O) groups excluding carboxylic acids is 1. The fraction of sp³-hybridized carbons (Fsp3) is 0.471. The van der Waals surface area contributed by atoms with Crippen LogP contribution < -0.4 is 5.32 Å². The number of aliphatic hydroxyl groups excluding tert-OH is 1. The molecule has 0 fully saturated rings. The third-order valence-electron chi connectivity index (χ3n) is 3.36. The number of benzene rings is 1. The molecular formula is C17H25NO2. The molecule has 1 amide bonds. The Hall–Kier alpha value is -1.61. The van der Waals surface area contributed by atoms with Gasteiger partial charge in [-0.3, -0.25) is 4.79 Å². The highest BCUT2D eigenvalue weighted by Crippen LogP contribution is 2.15. The predicted octanol–water partition coefficient (Wildman–Crippen LogP) is 2.96. The zero-order valence-corrected chi connectivity index (χ0v) is 12.8. The van der Waals surface area contributed by atoms with Crippen molar-refractivity contribution in [3.05, 3.63) is 41.5 Å². The maximum atomic E-state index is 11.8. The van der Waals surface area contributed by atoms with Gasteiger partial charge in [0.1, 0.15) is 0 Å². The van der Waals surface area contributed by atoms with E-state index in [1.807, 2.05) is 26.0 Å². The first-order valence-electron chi connectivity index (χ1n) is 7.13. The highest BCUT2D eigenvalue weighted by molar-refractivity contribution is 5.91. The molecule has 20 heavy (non-hydrogen) atoms. The van der Waals surface area contributed by atoms with E-state index in [4.69, 9.17) is 0 Å². The van der Waals surface area contributed by atoms with E-state index in [1.165, 1.54) is 11.6 Å². The number of aliphatic hydroxyl groups is 1. The van der Waals surface area contributed by atoms with Crippen molar-refractivity contribution in [2.75, 3.05) is 6.61 Å². The number of amides is 1. The lowest BCUT2D eigenvalue weighted by molar-refractivity contribution is -0.117. The zero-order valence-electron chi connectivity index (χ0n) is 12.8. The average molecular weight is 275 g/mol. The second kappa shape index (κ2) is 7.85. The number of carbonyl (C=O) groups is 1. The Bertz CT molecular complexity index is 447. The van der Waals surface area contributed by atoms with E-state index < -0.39 is 0 Å². The SMILES string of the molecule is CC(C)c1ccc(C=CC(=O)NC(CO)C(C)C)cc1. The molecule has 3 nitrogen and oxygen atoms in total. The molecule has 0 radical (unpaired) electrons. The lowest BCUT2D eigenvalue weighted by Crippen LogP contribution is -2.40. The summed E-state index contributed by atoms with van der Waals surface area (Å²) in [7, 11) is 0. The molecule has 0 aliphatic carbocycles. The van der Waals surface area contributed by atoms with Gasteiger partial charge < -0.3 is 10.4 Å². The molecule has 0 saturated carbocycles. The summed E-state index contributed by atoms with van der Waals surface area (Å²) < 4.78 is 0. The van der Waals surface area contributed by atoms with E-state index >= 15 is 0 Å². The quantitative estimate of drug-likeness (QED) is 0.784. The standard InChI is InChI=1S/C17H25NO2/c1-12(2)15-8-5-14(6-9-15)7-10-17(20)18-16(11-19)13(3)4/h5-10,12-13,16,19H,11H2,1-4H3,(H,18,20). The first kappa shape index (κ1) is 16.4. The van der Waals surface area contributed by atoms with Crippen LogP contribution in [0, 0.1) is 5.92 Å². The molecule has 0 bridgehead atoms. The Morgan fingerprint density at radius 2 is 1.80 bits per heavy atom. The molecule has 1 aromatic rings. The second-order valence-electron chi connectivity index (χ2n) is 5.70. The van der Waals surface area contributed by atoms with Crippen molar-refractivity contribution < 1.29 is 9.90 Å². The van der Waals surface area contributed by atoms with Crippen LogP contribution in [-0.2, 0) is 4.79 Å². The molecule has 1 unspecified atom stereocenters. The van der Waals surface area contributed by atoms with Crippen molar-refractivity contribution in [3.8, 4) is 0 Å². The van der Waals surface area contributed by atoms with Crippen LogP contribution in [-0.4, -0.2) is 23.7 Å². The van der Waals surface area contributed by atoms with Gasteiger partial charge in [0.05, 0.1) is 12.6 Å². The van der Waals surface area contributed by atoms with Gasteiger partial charge in [-0.25, -0.2) is 0 Å². The number of nitrogens with one attached hydrogen (secondary N) is 1. The summed E-state index contributed by atoms with van der Waals surface area (Å²) in [5.41, 5.74) is 2.28. The van der Waals surface area contributed by atoms with E-state index in [0.717, 1.165) is 5.56 Å². The monoisotopic (exact) mass is 275 g/mol. The van der Waals surface area contributed by atoms with Gasteiger partial charge in [-0.15, -0.1) is 0 Å². The van der Waals surface area contributed by atoms with Crippen LogP contribution in [0.25, 0.3) is 6.08 Å². The molecule has 3 heteroatoms. The first-order valence-corrected chi connectivity index (χ1v) is 7.13. The molecule has 2 N–H and O–H groups in total. The van der Waals surface area contributed by atoms with Gasteiger partial charge in [-0.2, -0.15) is 0 Å². The normalized spacial score (nSPS) is 13.2. The predicted molar refractivity (Wildman–Crippen MR) is 83.4 cm³/mol. The highest BCUT2D eigenvalue weighted by Gasteiger charge is 2.13. The van der Waals surface area contributed by atoms with Gasteiger partial charge in [-0.05, 0) is 29.0 Å². The molecule has 0 heterocycles. The Morgan fingerprint density at radius 3 is 2.25 bits per heavy atom. The lowest BCUT2D eigenvalue weighted by Gasteiger charge is -2.18. The van der Waals surface area contributed by atoms with E-state index in [1.54, 1.807) is 6.08 Å². The van der Waals surface area contributed by atoms with Crippen molar-refractivity contribution >= 4 is 12.0 Å². The summed E-state index contributed by atoms with van der Waals surface area (Å²) in [5.74, 6) is 0.543. The molecule has 1 atom stereocenters. The third-order valence-corrected chi connectivity index (χ3v) is 3.36. The van der Waals surface area contributed by atoms with Gasteiger partial charge >= 0.3 is 0 Å². The van der Waals surface area contributed by atoms with Gasteiger partial charge in [0.2, 0.25) is 5.91 Å². The van der Waals surface area contributed by atoms with Crippen LogP contribution in [0.5, 0.6) is 0 Å². The summed E-state index contributed by atoms with van der Waals surface area (Å²) in [5, 5.41) is 12.0. The van der Waals surface area contributed by atoms with E-state index in [2.05, 4.69) is 31.3 Å². The van der Waals surface area contributed by atoms with E-state index in [0.29, 0.717) is 5.92 Å². The molecule has 0 aliphatic heterocycles. The molecule has 0 saturated heterocycles.